The molecule has 0 unspecified atom stereocenters. The molecule has 4 nitrogen and oxygen atoms in total. The van der Waals surface area contributed by atoms with Gasteiger partial charge in [-0.25, -0.2) is 4.98 Å². The highest BCUT2D eigenvalue weighted by Crippen LogP contribution is 2.33. The molecule has 2 aromatic heterocycles. The minimum Gasteiger partial charge on any atom is -0.334 e. The number of hydrogen-bond acceptors (Lipinski definition) is 2. The largest absolute Gasteiger partial charge is 0.433 e. The number of rotatable bonds is 3. The van der Waals surface area contributed by atoms with Crippen molar-refractivity contribution in [1.29, 1.82) is 0 Å². The number of benzene rings is 1. The van der Waals surface area contributed by atoms with Crippen molar-refractivity contribution in [3.05, 3.63) is 48.0 Å². The molecule has 0 spiro atoms. The molecule has 0 bridgehead atoms. The van der Waals surface area contributed by atoms with Crippen LogP contribution in [0.15, 0.2) is 36.5 Å². The molecule has 136 valence electrons. The van der Waals surface area contributed by atoms with Crippen LogP contribution in [0.5, 0.6) is 0 Å². The fraction of sp³-hybridized carbons (Fsp3) is 0.368. The highest BCUT2D eigenvalue weighted by Gasteiger charge is 2.35. The smallest absolute Gasteiger partial charge is 0.334 e. The lowest BCUT2D eigenvalue weighted by molar-refractivity contribution is -0.144. The van der Waals surface area contributed by atoms with Gasteiger partial charge < -0.3 is 4.57 Å². The van der Waals surface area contributed by atoms with Crippen LogP contribution in [0, 0.1) is 0 Å². The fourth-order valence-electron chi connectivity index (χ4n) is 3.39. The van der Waals surface area contributed by atoms with Crippen molar-refractivity contribution < 1.29 is 13.2 Å². The van der Waals surface area contributed by atoms with Crippen molar-refractivity contribution in [2.24, 2.45) is 0 Å². The van der Waals surface area contributed by atoms with Gasteiger partial charge in [-0.2, -0.15) is 18.3 Å². The van der Waals surface area contributed by atoms with Crippen LogP contribution >= 0.6 is 0 Å². The van der Waals surface area contributed by atoms with Crippen molar-refractivity contribution in [3.63, 3.8) is 0 Å². The van der Waals surface area contributed by atoms with Gasteiger partial charge >= 0.3 is 6.18 Å². The van der Waals surface area contributed by atoms with Crippen molar-refractivity contribution in [2.45, 2.75) is 45.5 Å². The monoisotopic (exact) mass is 360 g/mol. The SMILES string of the molecule is CCn1nc(-c2ccc(-c3cn4c(n3)CCCC4)cc2)cc1C(F)(F)F. The van der Waals surface area contributed by atoms with Crippen molar-refractivity contribution in [2.75, 3.05) is 0 Å². The maximum atomic E-state index is 13.1. The molecule has 1 aliphatic heterocycles. The summed E-state index contributed by atoms with van der Waals surface area (Å²) in [6, 6.07) is 8.49. The van der Waals surface area contributed by atoms with Gasteiger partial charge in [0.25, 0.3) is 0 Å². The molecule has 1 aliphatic rings. The number of nitrogens with zero attached hydrogens (tertiary/aromatic N) is 4. The second kappa shape index (κ2) is 6.30. The van der Waals surface area contributed by atoms with E-state index in [1.807, 2.05) is 12.1 Å². The first-order chi connectivity index (χ1) is 12.5. The number of alkyl halides is 3. The Morgan fingerprint density at radius 3 is 2.31 bits per heavy atom. The minimum absolute atomic E-state index is 0.174. The average molecular weight is 360 g/mol. The third-order valence-corrected chi connectivity index (χ3v) is 4.75. The predicted octanol–water partition coefficient (Wildman–Crippen LogP) is 4.79. The third kappa shape index (κ3) is 3.02. The Morgan fingerprint density at radius 1 is 1.04 bits per heavy atom. The highest BCUT2D eigenvalue weighted by atomic mass is 19.4. The molecular formula is C19H19F3N4. The maximum absolute atomic E-state index is 13.1. The second-order valence-corrected chi connectivity index (χ2v) is 6.50. The van der Waals surface area contributed by atoms with E-state index in [0.717, 1.165) is 47.2 Å². The van der Waals surface area contributed by atoms with Crippen LogP contribution in [-0.4, -0.2) is 19.3 Å². The topological polar surface area (TPSA) is 35.6 Å². The lowest BCUT2D eigenvalue weighted by atomic mass is 10.1. The van der Waals surface area contributed by atoms with Gasteiger partial charge in [0.05, 0.1) is 11.4 Å². The summed E-state index contributed by atoms with van der Waals surface area (Å²) < 4.78 is 42.5. The van der Waals surface area contributed by atoms with Gasteiger partial charge in [0.2, 0.25) is 0 Å². The summed E-state index contributed by atoms with van der Waals surface area (Å²) >= 11 is 0. The Balaban J connectivity index is 1.64. The number of fused-ring (bicyclic) bond motifs is 1. The number of halogens is 3. The molecule has 0 amide bonds. The Kier molecular flexibility index (Phi) is 4.09. The summed E-state index contributed by atoms with van der Waals surface area (Å²) in [5, 5.41) is 4.10. The highest BCUT2D eigenvalue weighted by molar-refractivity contribution is 5.66. The summed E-state index contributed by atoms with van der Waals surface area (Å²) in [5.74, 6) is 1.10. The standard InChI is InChI=1S/C19H19F3N4/c1-2-26-17(19(20,21)22)11-15(24-26)13-6-8-14(9-7-13)16-12-25-10-4-3-5-18(25)23-16/h6-9,11-12H,2-5,10H2,1H3. The predicted molar refractivity (Wildman–Crippen MR) is 92.5 cm³/mol. The van der Waals surface area contributed by atoms with Gasteiger partial charge in [-0.15, -0.1) is 0 Å². The molecule has 1 aromatic carbocycles. The lowest BCUT2D eigenvalue weighted by Gasteiger charge is -2.11. The van der Waals surface area contributed by atoms with E-state index in [1.54, 1.807) is 19.1 Å². The molecule has 0 radical (unpaired) electrons. The zero-order valence-corrected chi connectivity index (χ0v) is 14.4. The Hall–Kier alpha value is -2.57. The number of imidazole rings is 1. The molecule has 3 aromatic rings. The van der Waals surface area contributed by atoms with Crippen molar-refractivity contribution in [1.82, 2.24) is 19.3 Å². The van der Waals surface area contributed by atoms with E-state index < -0.39 is 11.9 Å². The molecule has 0 saturated carbocycles. The normalized spacial score (nSPS) is 14.5. The van der Waals surface area contributed by atoms with Crippen LogP contribution in [0.1, 0.15) is 31.3 Å². The molecule has 26 heavy (non-hydrogen) atoms. The maximum Gasteiger partial charge on any atom is 0.433 e. The van der Waals surface area contributed by atoms with Crippen LogP contribution in [-0.2, 0) is 25.7 Å². The summed E-state index contributed by atoms with van der Waals surface area (Å²) in [6.07, 6.45) is 0.973. The van der Waals surface area contributed by atoms with Crippen LogP contribution in [0.25, 0.3) is 22.5 Å². The molecule has 3 heterocycles. The van der Waals surface area contributed by atoms with Gasteiger partial charge in [0.1, 0.15) is 11.5 Å². The number of aromatic nitrogens is 4. The number of hydrogen-bond donors (Lipinski definition) is 0. The summed E-state index contributed by atoms with van der Waals surface area (Å²) in [5.41, 5.74) is 2.14. The van der Waals surface area contributed by atoms with E-state index in [2.05, 4.69) is 20.8 Å². The first kappa shape index (κ1) is 16.9. The Morgan fingerprint density at radius 2 is 1.73 bits per heavy atom. The quantitative estimate of drug-likeness (QED) is 0.673. The van der Waals surface area contributed by atoms with E-state index in [1.165, 1.54) is 6.42 Å². The van der Waals surface area contributed by atoms with E-state index >= 15 is 0 Å². The summed E-state index contributed by atoms with van der Waals surface area (Å²) in [4.78, 5) is 4.68. The molecule has 0 fully saturated rings. The van der Waals surface area contributed by atoms with Crippen molar-refractivity contribution in [3.8, 4) is 22.5 Å². The summed E-state index contributed by atoms with van der Waals surface area (Å²) in [7, 11) is 0. The van der Waals surface area contributed by atoms with Gasteiger partial charge in [-0.3, -0.25) is 4.68 Å². The lowest BCUT2D eigenvalue weighted by Crippen LogP contribution is -2.13. The Labute approximate surface area is 149 Å². The van der Waals surface area contributed by atoms with Crippen LogP contribution < -0.4 is 0 Å². The minimum atomic E-state index is -4.41. The molecule has 0 saturated heterocycles. The first-order valence-corrected chi connectivity index (χ1v) is 8.77. The van der Waals surface area contributed by atoms with E-state index in [-0.39, 0.29) is 6.54 Å². The zero-order valence-electron chi connectivity index (χ0n) is 14.4. The van der Waals surface area contributed by atoms with Gasteiger partial charge in [0.15, 0.2) is 0 Å². The molecular weight excluding hydrogens is 341 g/mol. The Bertz CT molecular complexity index is 896. The molecule has 0 atom stereocenters. The van der Waals surface area contributed by atoms with Crippen LogP contribution in [0.3, 0.4) is 0 Å². The van der Waals surface area contributed by atoms with Gasteiger partial charge in [0, 0.05) is 36.8 Å². The molecule has 4 rings (SSSR count). The summed E-state index contributed by atoms with van der Waals surface area (Å²) in [6.45, 7) is 2.82. The van der Waals surface area contributed by atoms with Crippen LogP contribution in [0.4, 0.5) is 13.2 Å². The molecule has 7 heteroatoms. The molecule has 0 N–H and O–H groups in total. The van der Waals surface area contributed by atoms with E-state index in [4.69, 9.17) is 0 Å². The molecule has 0 aliphatic carbocycles. The van der Waals surface area contributed by atoms with Crippen LogP contribution in [0.2, 0.25) is 0 Å². The average Bonchev–Trinajstić information content (AvgIpc) is 3.25. The second-order valence-electron chi connectivity index (χ2n) is 6.50. The van der Waals surface area contributed by atoms with Gasteiger partial charge in [-0.05, 0) is 25.8 Å². The zero-order chi connectivity index (χ0) is 18.3. The first-order valence-electron chi connectivity index (χ1n) is 8.77. The fourth-order valence-corrected chi connectivity index (χ4v) is 3.39. The van der Waals surface area contributed by atoms with E-state index in [9.17, 15) is 13.2 Å². The number of aryl methyl sites for hydroxylation is 3. The van der Waals surface area contributed by atoms with E-state index in [0.29, 0.717) is 11.3 Å². The van der Waals surface area contributed by atoms with Gasteiger partial charge in [-0.1, -0.05) is 24.3 Å². The van der Waals surface area contributed by atoms with Crippen molar-refractivity contribution >= 4 is 0 Å². The third-order valence-electron chi connectivity index (χ3n) is 4.75.